The molecule has 1 saturated heterocycles. The third-order valence-electron chi connectivity index (χ3n) is 9.91. The zero-order valence-electron chi connectivity index (χ0n) is 21.0. The quantitative estimate of drug-likeness (QED) is 0.596. The number of benzene rings is 2. The highest BCUT2D eigenvalue weighted by molar-refractivity contribution is 6.25. The van der Waals surface area contributed by atoms with Gasteiger partial charge in [0.15, 0.2) is 0 Å². The van der Waals surface area contributed by atoms with Crippen molar-refractivity contribution in [2.75, 3.05) is 39.3 Å². The number of rotatable bonds is 5. The lowest BCUT2D eigenvalue weighted by molar-refractivity contribution is -0.141. The van der Waals surface area contributed by atoms with E-state index in [1.807, 2.05) is 36.4 Å². The average molecular weight is 486 g/mol. The molecule has 6 aliphatic rings. The Balaban J connectivity index is 0.952. The Morgan fingerprint density at radius 2 is 1.33 bits per heavy atom. The van der Waals surface area contributed by atoms with Gasteiger partial charge in [0.25, 0.3) is 11.8 Å². The molecule has 0 unspecified atom stereocenters. The van der Waals surface area contributed by atoms with Gasteiger partial charge >= 0.3 is 0 Å². The van der Waals surface area contributed by atoms with E-state index in [1.165, 1.54) is 43.4 Å². The molecule has 4 bridgehead atoms. The fraction of sp³-hybridized carbons (Fsp3) is 0.567. The Morgan fingerprint density at radius 3 is 1.89 bits per heavy atom. The van der Waals surface area contributed by atoms with Gasteiger partial charge in [-0.15, -0.1) is 0 Å². The molecule has 4 aliphatic carbocycles. The van der Waals surface area contributed by atoms with Gasteiger partial charge in [0.2, 0.25) is 5.91 Å². The van der Waals surface area contributed by atoms with Crippen molar-refractivity contribution in [3.05, 3.63) is 47.5 Å². The van der Waals surface area contributed by atoms with E-state index in [1.54, 1.807) is 0 Å². The fourth-order valence-electron chi connectivity index (χ4n) is 8.68. The van der Waals surface area contributed by atoms with E-state index in [2.05, 4.69) is 9.80 Å². The van der Waals surface area contributed by atoms with Crippen LogP contribution in [0.2, 0.25) is 0 Å². The number of hydrogen-bond acceptors (Lipinski definition) is 4. The van der Waals surface area contributed by atoms with Crippen LogP contribution < -0.4 is 0 Å². The highest BCUT2D eigenvalue weighted by atomic mass is 16.2. The van der Waals surface area contributed by atoms with Crippen LogP contribution in [0.1, 0.15) is 65.7 Å². The molecule has 36 heavy (non-hydrogen) atoms. The van der Waals surface area contributed by atoms with E-state index in [9.17, 15) is 14.4 Å². The van der Waals surface area contributed by atoms with E-state index in [0.29, 0.717) is 30.1 Å². The van der Waals surface area contributed by atoms with E-state index < -0.39 is 0 Å². The van der Waals surface area contributed by atoms with Gasteiger partial charge in [-0.1, -0.05) is 24.3 Å². The zero-order chi connectivity index (χ0) is 24.4. The smallest absolute Gasteiger partial charge is 0.261 e. The molecule has 0 N–H and O–H groups in total. The molecule has 0 spiro atoms. The summed E-state index contributed by atoms with van der Waals surface area (Å²) in [7, 11) is 0. The van der Waals surface area contributed by atoms with Crippen LogP contribution in [0.25, 0.3) is 10.8 Å². The number of imide groups is 1. The van der Waals surface area contributed by atoms with E-state index in [4.69, 9.17) is 0 Å². The zero-order valence-corrected chi connectivity index (χ0v) is 21.0. The lowest BCUT2D eigenvalue weighted by Gasteiger charge is -2.57. The van der Waals surface area contributed by atoms with Crippen molar-refractivity contribution < 1.29 is 14.4 Å². The average Bonchev–Trinajstić information content (AvgIpc) is 2.86. The molecule has 188 valence electrons. The Morgan fingerprint density at radius 1 is 0.778 bits per heavy atom. The minimum Gasteiger partial charge on any atom is -0.340 e. The van der Waals surface area contributed by atoms with Gasteiger partial charge in [-0.25, -0.2) is 0 Å². The molecule has 8 rings (SSSR count). The first kappa shape index (κ1) is 22.5. The first-order valence-electron chi connectivity index (χ1n) is 13.9. The van der Waals surface area contributed by atoms with Gasteiger partial charge < -0.3 is 4.90 Å². The van der Waals surface area contributed by atoms with Gasteiger partial charge in [0.1, 0.15) is 0 Å². The summed E-state index contributed by atoms with van der Waals surface area (Å²) >= 11 is 0. The first-order chi connectivity index (χ1) is 17.5. The summed E-state index contributed by atoms with van der Waals surface area (Å²) in [5.41, 5.74) is 1.52. The van der Waals surface area contributed by atoms with Crippen LogP contribution in [0.15, 0.2) is 36.4 Å². The Labute approximate surface area is 212 Å². The predicted octanol–water partition coefficient (Wildman–Crippen LogP) is 4.19. The van der Waals surface area contributed by atoms with Crippen LogP contribution >= 0.6 is 0 Å². The minimum atomic E-state index is -0.200. The molecular formula is C30H35N3O3. The largest absolute Gasteiger partial charge is 0.340 e. The second-order valence-corrected chi connectivity index (χ2v) is 12.3. The maximum Gasteiger partial charge on any atom is 0.261 e. The molecule has 2 aliphatic heterocycles. The van der Waals surface area contributed by atoms with Crippen molar-refractivity contribution in [3.63, 3.8) is 0 Å². The number of carbonyl (C=O) groups is 3. The van der Waals surface area contributed by atoms with E-state index in [0.717, 1.165) is 61.1 Å². The molecule has 2 aromatic carbocycles. The SMILES string of the molecule is O=C(CC12CC3CC(CC(C3)C1)C2)N1CCN(CCN2C(=O)c3cccc4cccc(c34)C2=O)CC1. The van der Waals surface area contributed by atoms with Crippen molar-refractivity contribution in [1.29, 1.82) is 0 Å². The molecule has 6 heteroatoms. The second-order valence-electron chi connectivity index (χ2n) is 12.3. The molecule has 2 heterocycles. The van der Waals surface area contributed by atoms with Crippen LogP contribution in [-0.2, 0) is 4.79 Å². The lowest BCUT2D eigenvalue weighted by Crippen LogP contribution is -2.53. The molecule has 2 aromatic rings. The molecule has 0 atom stereocenters. The second kappa shape index (κ2) is 8.41. The topological polar surface area (TPSA) is 60.9 Å². The molecule has 4 saturated carbocycles. The molecule has 0 aromatic heterocycles. The Kier molecular flexibility index (Phi) is 5.25. The summed E-state index contributed by atoms with van der Waals surface area (Å²) in [6, 6.07) is 11.3. The fourth-order valence-corrected chi connectivity index (χ4v) is 8.68. The van der Waals surface area contributed by atoms with Crippen LogP contribution in [0.3, 0.4) is 0 Å². The molecule has 5 fully saturated rings. The Bertz CT molecular complexity index is 1160. The number of amides is 3. The third-order valence-corrected chi connectivity index (χ3v) is 9.91. The maximum absolute atomic E-state index is 13.3. The van der Waals surface area contributed by atoms with Gasteiger partial charge in [-0.3, -0.25) is 24.2 Å². The van der Waals surface area contributed by atoms with Crippen molar-refractivity contribution >= 4 is 28.5 Å². The third kappa shape index (κ3) is 3.68. The number of nitrogens with zero attached hydrogens (tertiary/aromatic N) is 3. The predicted molar refractivity (Wildman–Crippen MR) is 138 cm³/mol. The summed E-state index contributed by atoms with van der Waals surface area (Å²) in [4.78, 5) is 45.4. The van der Waals surface area contributed by atoms with Gasteiger partial charge in [0.05, 0.1) is 0 Å². The van der Waals surface area contributed by atoms with Crippen LogP contribution in [0.5, 0.6) is 0 Å². The van der Waals surface area contributed by atoms with Gasteiger partial charge in [-0.05, 0) is 79.2 Å². The molecule has 6 nitrogen and oxygen atoms in total. The Hall–Kier alpha value is -2.73. The summed E-state index contributed by atoms with van der Waals surface area (Å²) in [6.45, 7) is 4.12. The molecule has 3 amide bonds. The standard InChI is InChI=1S/C30H35N3O3/c34-26(19-30-16-20-13-21(17-30)15-22(14-20)18-30)32-10-7-31(8-11-32)9-12-33-28(35)24-5-1-3-23-4-2-6-25(27(23)24)29(33)36/h1-6,20-22H,7-19H2. The minimum absolute atomic E-state index is 0.200. The number of hydrogen-bond donors (Lipinski definition) is 0. The lowest BCUT2D eigenvalue weighted by atomic mass is 9.49. The molecule has 0 radical (unpaired) electrons. The van der Waals surface area contributed by atoms with E-state index >= 15 is 0 Å². The van der Waals surface area contributed by atoms with Crippen LogP contribution in [-0.4, -0.2) is 71.7 Å². The highest BCUT2D eigenvalue weighted by Gasteiger charge is 2.51. The van der Waals surface area contributed by atoms with Gasteiger partial charge in [-0.2, -0.15) is 0 Å². The summed E-state index contributed by atoms with van der Waals surface area (Å²) in [6.07, 6.45) is 8.81. The molecular weight excluding hydrogens is 450 g/mol. The van der Waals surface area contributed by atoms with Crippen molar-refractivity contribution in [2.45, 2.75) is 44.9 Å². The summed E-state index contributed by atoms with van der Waals surface area (Å²) in [5.74, 6) is 2.57. The van der Waals surface area contributed by atoms with Crippen molar-refractivity contribution in [1.82, 2.24) is 14.7 Å². The number of piperazine rings is 1. The van der Waals surface area contributed by atoms with Gasteiger partial charge in [0, 0.05) is 62.2 Å². The monoisotopic (exact) mass is 485 g/mol. The van der Waals surface area contributed by atoms with Crippen molar-refractivity contribution in [3.8, 4) is 0 Å². The summed E-state index contributed by atoms with van der Waals surface area (Å²) < 4.78 is 0. The normalized spacial score (nSPS) is 31.5. The first-order valence-corrected chi connectivity index (χ1v) is 13.9. The summed E-state index contributed by atoms with van der Waals surface area (Å²) in [5, 5.41) is 1.71. The van der Waals surface area contributed by atoms with E-state index in [-0.39, 0.29) is 17.2 Å². The van der Waals surface area contributed by atoms with Crippen LogP contribution in [0.4, 0.5) is 0 Å². The van der Waals surface area contributed by atoms with Crippen LogP contribution in [0, 0.1) is 23.2 Å². The highest BCUT2D eigenvalue weighted by Crippen LogP contribution is 2.61. The maximum atomic E-state index is 13.3. The van der Waals surface area contributed by atoms with Crippen molar-refractivity contribution in [2.24, 2.45) is 23.2 Å². The number of carbonyl (C=O) groups excluding carboxylic acids is 3.